The number of carbonyl (C=O) groups is 1. The second kappa shape index (κ2) is 7.60. The number of nitrogens with zero attached hydrogens (tertiary/aromatic N) is 1. The minimum atomic E-state index is -0.0497. The average molecular weight is 267 g/mol. The Morgan fingerprint density at radius 2 is 2.26 bits per heavy atom. The number of methoxy groups -OCH3 is 1. The van der Waals surface area contributed by atoms with Crippen LogP contribution in [0.4, 0.5) is 5.69 Å². The monoisotopic (exact) mass is 267 g/mol. The van der Waals surface area contributed by atoms with Gasteiger partial charge in [-0.1, -0.05) is 6.07 Å². The van der Waals surface area contributed by atoms with Crippen LogP contribution in [-0.4, -0.2) is 49.8 Å². The normalized spacial score (nSPS) is 10.7. The molecule has 0 atom stereocenters. The van der Waals surface area contributed by atoms with E-state index in [2.05, 4.69) is 5.32 Å². The first kappa shape index (κ1) is 15.3. The fraction of sp³-hybridized carbons (Fsp3) is 0.462. The fourth-order valence-electron chi connectivity index (χ4n) is 1.66. The molecule has 0 spiro atoms. The van der Waals surface area contributed by atoms with Crippen LogP contribution >= 0.6 is 0 Å². The number of ether oxygens (including phenoxy) is 1. The lowest BCUT2D eigenvalue weighted by Gasteiger charge is -2.16. The van der Waals surface area contributed by atoms with E-state index in [1.165, 1.54) is 0 Å². The summed E-state index contributed by atoms with van der Waals surface area (Å²) in [6.07, 6.45) is 0. The summed E-state index contributed by atoms with van der Waals surface area (Å²) in [5.41, 5.74) is 6.91. The molecule has 0 aliphatic rings. The Kier molecular flexibility index (Phi) is 6.11. The number of rotatable bonds is 7. The molecule has 0 fully saturated rings. The number of nitrogens with two attached hydrogens (primary N) is 1. The molecule has 0 bridgehead atoms. The number of benzene rings is 1. The molecule has 0 aliphatic heterocycles. The van der Waals surface area contributed by atoms with Gasteiger partial charge >= 0.3 is 0 Å². The van der Waals surface area contributed by atoms with Crippen LogP contribution < -0.4 is 11.1 Å². The van der Waals surface area contributed by atoms with Crippen molar-refractivity contribution in [3.63, 3.8) is 0 Å². The summed E-state index contributed by atoms with van der Waals surface area (Å²) in [5.74, 6) is 0.0232. The molecule has 1 rings (SSSR count). The lowest BCUT2D eigenvalue weighted by molar-refractivity contribution is -0.122. The minimum Gasteiger partial charge on any atom is -0.506 e. The van der Waals surface area contributed by atoms with E-state index < -0.39 is 0 Å². The van der Waals surface area contributed by atoms with E-state index in [-0.39, 0.29) is 11.7 Å². The van der Waals surface area contributed by atoms with Crippen molar-refractivity contribution in [2.24, 2.45) is 0 Å². The average Bonchev–Trinajstić information content (AvgIpc) is 2.34. The predicted octanol–water partition coefficient (Wildman–Crippen LogP) is 0.169. The van der Waals surface area contributed by atoms with Crippen LogP contribution in [0.25, 0.3) is 0 Å². The molecule has 0 saturated heterocycles. The number of anilines is 1. The first-order chi connectivity index (χ1) is 9.02. The summed E-state index contributed by atoms with van der Waals surface area (Å²) in [7, 11) is 3.44. The summed E-state index contributed by atoms with van der Waals surface area (Å²) in [6.45, 7) is 1.89. The molecule has 6 heteroatoms. The summed E-state index contributed by atoms with van der Waals surface area (Å²) in [4.78, 5) is 13.4. The van der Waals surface area contributed by atoms with Gasteiger partial charge in [-0.2, -0.15) is 0 Å². The number of hydrogen-bond donors (Lipinski definition) is 3. The topological polar surface area (TPSA) is 87.8 Å². The van der Waals surface area contributed by atoms with Gasteiger partial charge in [0.2, 0.25) is 5.91 Å². The highest BCUT2D eigenvalue weighted by Crippen LogP contribution is 2.20. The van der Waals surface area contributed by atoms with Gasteiger partial charge in [0.05, 0.1) is 18.8 Å². The second-order valence-electron chi connectivity index (χ2n) is 4.41. The Morgan fingerprint density at radius 1 is 1.53 bits per heavy atom. The van der Waals surface area contributed by atoms with Gasteiger partial charge in [-0.25, -0.2) is 0 Å². The third kappa shape index (κ3) is 5.58. The number of phenolic OH excluding ortho intramolecular Hbond substituents is 1. The molecule has 0 aliphatic carbocycles. The molecule has 1 aromatic rings. The highest BCUT2D eigenvalue weighted by molar-refractivity contribution is 5.77. The number of likely N-dealkylation sites (N-methyl/N-ethyl adjacent to an activating group) is 1. The third-order valence-electron chi connectivity index (χ3n) is 2.59. The van der Waals surface area contributed by atoms with Crippen molar-refractivity contribution in [3.05, 3.63) is 23.8 Å². The van der Waals surface area contributed by atoms with Crippen LogP contribution in [0.5, 0.6) is 5.75 Å². The van der Waals surface area contributed by atoms with E-state index in [1.807, 2.05) is 11.9 Å². The largest absolute Gasteiger partial charge is 0.506 e. The van der Waals surface area contributed by atoms with Gasteiger partial charge < -0.3 is 20.9 Å². The molecule has 0 aromatic heterocycles. The molecule has 0 heterocycles. The first-order valence-electron chi connectivity index (χ1n) is 6.04. The molecular weight excluding hydrogens is 246 g/mol. The summed E-state index contributed by atoms with van der Waals surface area (Å²) in [5, 5.41) is 12.1. The van der Waals surface area contributed by atoms with Crippen LogP contribution in [-0.2, 0) is 16.1 Å². The Balaban J connectivity index is 2.39. The molecular formula is C13H21N3O3. The Hall–Kier alpha value is -1.79. The molecule has 1 amide bonds. The number of nitrogens with one attached hydrogen (secondary N) is 1. The maximum Gasteiger partial charge on any atom is 0.234 e. The zero-order valence-electron chi connectivity index (χ0n) is 11.3. The first-order valence-corrected chi connectivity index (χ1v) is 6.04. The van der Waals surface area contributed by atoms with E-state index in [0.717, 1.165) is 5.56 Å². The number of aromatic hydroxyl groups is 1. The summed E-state index contributed by atoms with van der Waals surface area (Å²) >= 11 is 0. The number of amides is 1. The molecule has 106 valence electrons. The van der Waals surface area contributed by atoms with Crippen molar-refractivity contribution in [1.29, 1.82) is 0 Å². The SMILES string of the molecule is COCCNC(=O)CN(C)Cc1ccc(O)c(N)c1. The smallest absolute Gasteiger partial charge is 0.234 e. The highest BCUT2D eigenvalue weighted by atomic mass is 16.5. The van der Waals surface area contributed by atoms with Crippen molar-refractivity contribution in [2.75, 3.05) is 39.6 Å². The molecule has 0 saturated carbocycles. The van der Waals surface area contributed by atoms with Crippen LogP contribution in [0.15, 0.2) is 18.2 Å². The second-order valence-corrected chi connectivity index (χ2v) is 4.41. The predicted molar refractivity (Wildman–Crippen MR) is 73.7 cm³/mol. The lowest BCUT2D eigenvalue weighted by atomic mass is 10.2. The Labute approximate surface area is 113 Å². The number of carbonyl (C=O) groups excluding carboxylic acids is 1. The van der Waals surface area contributed by atoms with E-state index in [0.29, 0.717) is 31.9 Å². The van der Waals surface area contributed by atoms with E-state index in [4.69, 9.17) is 10.5 Å². The van der Waals surface area contributed by atoms with Crippen LogP contribution in [0.3, 0.4) is 0 Å². The van der Waals surface area contributed by atoms with Crippen molar-refractivity contribution in [1.82, 2.24) is 10.2 Å². The molecule has 19 heavy (non-hydrogen) atoms. The van der Waals surface area contributed by atoms with E-state index in [1.54, 1.807) is 25.3 Å². The Bertz CT molecular complexity index is 424. The molecule has 4 N–H and O–H groups in total. The standard InChI is InChI=1S/C13H21N3O3/c1-16(9-13(18)15-5-6-19-2)8-10-3-4-12(17)11(14)7-10/h3-4,7,17H,5-6,8-9,14H2,1-2H3,(H,15,18). The zero-order valence-corrected chi connectivity index (χ0v) is 11.3. The molecule has 6 nitrogen and oxygen atoms in total. The van der Waals surface area contributed by atoms with Crippen molar-refractivity contribution in [3.8, 4) is 5.75 Å². The summed E-state index contributed by atoms with van der Waals surface area (Å²) < 4.78 is 4.85. The highest BCUT2D eigenvalue weighted by Gasteiger charge is 2.07. The van der Waals surface area contributed by atoms with E-state index in [9.17, 15) is 9.90 Å². The zero-order chi connectivity index (χ0) is 14.3. The molecule has 0 radical (unpaired) electrons. The van der Waals surface area contributed by atoms with Gasteiger partial charge in [0.25, 0.3) is 0 Å². The van der Waals surface area contributed by atoms with Gasteiger partial charge in [-0.3, -0.25) is 9.69 Å². The lowest BCUT2D eigenvalue weighted by Crippen LogP contribution is -2.36. The maximum absolute atomic E-state index is 11.6. The fourth-order valence-corrected chi connectivity index (χ4v) is 1.66. The maximum atomic E-state index is 11.6. The summed E-state index contributed by atoms with van der Waals surface area (Å²) in [6, 6.07) is 5.04. The third-order valence-corrected chi connectivity index (χ3v) is 2.59. The van der Waals surface area contributed by atoms with Crippen LogP contribution in [0.2, 0.25) is 0 Å². The van der Waals surface area contributed by atoms with Gasteiger partial charge in [0, 0.05) is 20.2 Å². The number of nitrogen functional groups attached to an aromatic ring is 1. The van der Waals surface area contributed by atoms with Gasteiger partial charge in [-0.05, 0) is 24.7 Å². The number of hydrogen-bond acceptors (Lipinski definition) is 5. The van der Waals surface area contributed by atoms with Gasteiger partial charge in [0.15, 0.2) is 0 Å². The van der Waals surface area contributed by atoms with E-state index >= 15 is 0 Å². The Morgan fingerprint density at radius 3 is 2.89 bits per heavy atom. The van der Waals surface area contributed by atoms with Crippen LogP contribution in [0.1, 0.15) is 5.56 Å². The van der Waals surface area contributed by atoms with Crippen molar-refractivity contribution >= 4 is 11.6 Å². The minimum absolute atomic E-state index is 0.0497. The van der Waals surface area contributed by atoms with Crippen molar-refractivity contribution < 1.29 is 14.6 Å². The van der Waals surface area contributed by atoms with Gasteiger partial charge in [0.1, 0.15) is 5.75 Å². The van der Waals surface area contributed by atoms with Gasteiger partial charge in [-0.15, -0.1) is 0 Å². The van der Waals surface area contributed by atoms with Crippen molar-refractivity contribution in [2.45, 2.75) is 6.54 Å². The quantitative estimate of drug-likeness (QED) is 0.372. The molecule has 0 unspecified atom stereocenters. The van der Waals surface area contributed by atoms with Crippen LogP contribution in [0, 0.1) is 0 Å². The molecule has 1 aromatic carbocycles. The number of phenols is 1.